The molecular weight excluding hydrogens is 344 g/mol. The summed E-state index contributed by atoms with van der Waals surface area (Å²) in [6, 6.07) is 14.4. The molecule has 0 aliphatic heterocycles. The van der Waals surface area contributed by atoms with Crippen molar-refractivity contribution < 1.29 is 19.1 Å². The van der Waals surface area contributed by atoms with Gasteiger partial charge >= 0.3 is 5.97 Å². The quantitative estimate of drug-likeness (QED) is 0.762. The normalized spacial score (nSPS) is 10.2. The zero-order valence-electron chi connectivity index (χ0n) is 15.8. The van der Waals surface area contributed by atoms with Crippen LogP contribution in [-0.2, 0) is 20.7 Å². The highest BCUT2D eigenvalue weighted by Gasteiger charge is 2.14. The van der Waals surface area contributed by atoms with Crippen LogP contribution in [0.25, 0.3) is 0 Å². The van der Waals surface area contributed by atoms with Gasteiger partial charge in [0.05, 0.1) is 19.1 Å². The molecule has 2 rings (SSSR count). The number of nitrogens with one attached hydrogen (secondary N) is 1. The SMILES string of the molecule is COC(=O)c1cccc(N(CCNC(=O)Cc2ccccc2C)C(C)=O)c1. The molecule has 6 heteroatoms. The van der Waals surface area contributed by atoms with Crippen LogP contribution in [0, 0.1) is 6.92 Å². The Morgan fingerprint density at radius 1 is 1.07 bits per heavy atom. The van der Waals surface area contributed by atoms with E-state index in [9.17, 15) is 14.4 Å². The van der Waals surface area contributed by atoms with Crippen molar-refractivity contribution in [2.24, 2.45) is 0 Å². The molecular formula is C21H24N2O4. The second-order valence-corrected chi connectivity index (χ2v) is 6.17. The lowest BCUT2D eigenvalue weighted by atomic mass is 10.1. The molecule has 0 aromatic heterocycles. The minimum absolute atomic E-state index is 0.101. The highest BCUT2D eigenvalue weighted by molar-refractivity contribution is 5.95. The van der Waals surface area contributed by atoms with Crippen LogP contribution in [0.3, 0.4) is 0 Å². The molecule has 1 N–H and O–H groups in total. The molecule has 0 atom stereocenters. The van der Waals surface area contributed by atoms with Gasteiger partial charge in [0.2, 0.25) is 11.8 Å². The molecule has 27 heavy (non-hydrogen) atoms. The molecule has 0 unspecified atom stereocenters. The van der Waals surface area contributed by atoms with Gasteiger partial charge in [0, 0.05) is 25.7 Å². The van der Waals surface area contributed by atoms with E-state index in [1.807, 2.05) is 31.2 Å². The van der Waals surface area contributed by atoms with E-state index < -0.39 is 5.97 Å². The number of methoxy groups -OCH3 is 1. The lowest BCUT2D eigenvalue weighted by molar-refractivity contribution is -0.121. The Kier molecular flexibility index (Phi) is 7.11. The van der Waals surface area contributed by atoms with Crippen molar-refractivity contribution in [3.63, 3.8) is 0 Å². The monoisotopic (exact) mass is 368 g/mol. The van der Waals surface area contributed by atoms with Gasteiger partial charge < -0.3 is 15.0 Å². The molecule has 2 amide bonds. The highest BCUT2D eigenvalue weighted by Crippen LogP contribution is 2.17. The van der Waals surface area contributed by atoms with Crippen molar-refractivity contribution in [3.05, 3.63) is 65.2 Å². The Hall–Kier alpha value is -3.15. The van der Waals surface area contributed by atoms with Gasteiger partial charge in [-0.25, -0.2) is 4.79 Å². The standard InChI is InChI=1S/C21H24N2O4/c1-15-7-4-5-8-17(15)14-20(25)22-11-12-23(16(2)24)19-10-6-9-18(13-19)21(26)27-3/h4-10,13H,11-12,14H2,1-3H3,(H,22,25). The largest absolute Gasteiger partial charge is 0.465 e. The van der Waals surface area contributed by atoms with E-state index in [4.69, 9.17) is 4.74 Å². The number of anilines is 1. The Bertz CT molecular complexity index is 832. The summed E-state index contributed by atoms with van der Waals surface area (Å²) in [5.74, 6) is -0.742. The molecule has 2 aromatic rings. The number of ether oxygens (including phenoxy) is 1. The summed E-state index contributed by atoms with van der Waals surface area (Å²) >= 11 is 0. The van der Waals surface area contributed by atoms with Crippen molar-refractivity contribution in [1.82, 2.24) is 5.32 Å². The fourth-order valence-electron chi connectivity index (χ4n) is 2.74. The lowest BCUT2D eigenvalue weighted by Crippen LogP contribution is -2.38. The number of benzene rings is 2. The summed E-state index contributed by atoms with van der Waals surface area (Å²) in [7, 11) is 1.31. The van der Waals surface area contributed by atoms with E-state index in [2.05, 4.69) is 5.32 Å². The first kappa shape index (κ1) is 20.2. The number of hydrogen-bond acceptors (Lipinski definition) is 4. The fraction of sp³-hybridized carbons (Fsp3) is 0.286. The molecule has 0 aliphatic rings. The lowest BCUT2D eigenvalue weighted by Gasteiger charge is -2.22. The van der Waals surface area contributed by atoms with Gasteiger partial charge in [-0.2, -0.15) is 0 Å². The Balaban J connectivity index is 1.97. The topological polar surface area (TPSA) is 75.7 Å². The van der Waals surface area contributed by atoms with Crippen LogP contribution in [0.15, 0.2) is 48.5 Å². The molecule has 0 saturated heterocycles. The van der Waals surface area contributed by atoms with Crippen molar-refractivity contribution in [2.45, 2.75) is 20.3 Å². The van der Waals surface area contributed by atoms with Gasteiger partial charge in [-0.1, -0.05) is 30.3 Å². The molecule has 0 radical (unpaired) electrons. The van der Waals surface area contributed by atoms with E-state index in [1.165, 1.54) is 18.9 Å². The Morgan fingerprint density at radius 2 is 1.81 bits per heavy atom. The third-order valence-electron chi connectivity index (χ3n) is 4.23. The zero-order chi connectivity index (χ0) is 19.8. The van der Waals surface area contributed by atoms with E-state index in [-0.39, 0.29) is 11.8 Å². The van der Waals surface area contributed by atoms with Crippen LogP contribution in [0.2, 0.25) is 0 Å². The Labute approximate surface area is 159 Å². The second kappa shape index (κ2) is 9.52. The summed E-state index contributed by atoms with van der Waals surface area (Å²) in [6.07, 6.45) is 0.296. The van der Waals surface area contributed by atoms with E-state index >= 15 is 0 Å². The number of aryl methyl sites for hydroxylation is 1. The maximum absolute atomic E-state index is 12.2. The number of esters is 1. The average molecular weight is 368 g/mol. The van der Waals surface area contributed by atoms with Gasteiger partial charge in [-0.15, -0.1) is 0 Å². The van der Waals surface area contributed by atoms with Crippen LogP contribution < -0.4 is 10.2 Å². The van der Waals surface area contributed by atoms with Crippen molar-refractivity contribution in [1.29, 1.82) is 0 Å². The predicted molar refractivity (Wildman–Crippen MR) is 104 cm³/mol. The van der Waals surface area contributed by atoms with Crippen LogP contribution >= 0.6 is 0 Å². The van der Waals surface area contributed by atoms with Crippen molar-refractivity contribution in [3.8, 4) is 0 Å². The molecule has 0 fully saturated rings. The summed E-state index contributed by atoms with van der Waals surface area (Å²) in [4.78, 5) is 37.4. The van der Waals surface area contributed by atoms with Gasteiger partial charge in [0.25, 0.3) is 0 Å². The number of carbonyl (C=O) groups excluding carboxylic acids is 3. The van der Waals surface area contributed by atoms with Gasteiger partial charge in [0.1, 0.15) is 0 Å². The molecule has 0 heterocycles. The molecule has 0 saturated carbocycles. The first-order chi connectivity index (χ1) is 12.9. The van der Waals surface area contributed by atoms with Crippen molar-refractivity contribution >= 4 is 23.5 Å². The zero-order valence-corrected chi connectivity index (χ0v) is 15.8. The maximum Gasteiger partial charge on any atom is 0.337 e. The van der Waals surface area contributed by atoms with Crippen LogP contribution in [0.4, 0.5) is 5.69 Å². The minimum Gasteiger partial charge on any atom is -0.465 e. The molecule has 142 valence electrons. The number of carbonyl (C=O) groups is 3. The van der Waals surface area contributed by atoms with Crippen LogP contribution in [-0.4, -0.2) is 38.0 Å². The van der Waals surface area contributed by atoms with E-state index in [0.717, 1.165) is 11.1 Å². The van der Waals surface area contributed by atoms with Crippen molar-refractivity contribution in [2.75, 3.05) is 25.1 Å². The number of nitrogens with zero attached hydrogens (tertiary/aromatic N) is 1. The molecule has 0 bridgehead atoms. The van der Waals surface area contributed by atoms with Gasteiger partial charge in [0.15, 0.2) is 0 Å². The smallest absolute Gasteiger partial charge is 0.337 e. The molecule has 2 aromatic carbocycles. The van der Waals surface area contributed by atoms with E-state index in [1.54, 1.807) is 24.3 Å². The predicted octanol–water partition coefficient (Wildman–Crippen LogP) is 2.49. The second-order valence-electron chi connectivity index (χ2n) is 6.17. The molecule has 0 aliphatic carbocycles. The summed E-state index contributed by atoms with van der Waals surface area (Å²) < 4.78 is 4.71. The molecule has 0 spiro atoms. The maximum atomic E-state index is 12.2. The average Bonchev–Trinajstić information content (AvgIpc) is 2.66. The third-order valence-corrected chi connectivity index (χ3v) is 4.23. The van der Waals surface area contributed by atoms with Crippen LogP contribution in [0.5, 0.6) is 0 Å². The van der Waals surface area contributed by atoms with Gasteiger partial charge in [-0.05, 0) is 36.2 Å². The summed E-state index contributed by atoms with van der Waals surface area (Å²) in [5, 5.41) is 2.84. The summed E-state index contributed by atoms with van der Waals surface area (Å²) in [6.45, 7) is 4.03. The fourth-order valence-corrected chi connectivity index (χ4v) is 2.74. The third kappa shape index (κ3) is 5.67. The Morgan fingerprint density at radius 3 is 2.48 bits per heavy atom. The molecule has 6 nitrogen and oxygen atoms in total. The summed E-state index contributed by atoms with van der Waals surface area (Å²) in [5.41, 5.74) is 2.99. The first-order valence-electron chi connectivity index (χ1n) is 8.70. The highest BCUT2D eigenvalue weighted by atomic mass is 16.5. The van der Waals surface area contributed by atoms with Gasteiger partial charge in [-0.3, -0.25) is 9.59 Å². The number of rotatable bonds is 7. The minimum atomic E-state index is -0.466. The number of hydrogen-bond donors (Lipinski definition) is 1. The first-order valence-corrected chi connectivity index (χ1v) is 8.70. The van der Waals surface area contributed by atoms with E-state index in [0.29, 0.717) is 30.8 Å². The number of amides is 2. The van der Waals surface area contributed by atoms with Crippen LogP contribution in [0.1, 0.15) is 28.4 Å².